The zero-order valence-electron chi connectivity index (χ0n) is 14.1. The van der Waals surface area contributed by atoms with Gasteiger partial charge in [0, 0.05) is 19.4 Å². The second kappa shape index (κ2) is 11.4. The second-order valence-electron chi connectivity index (χ2n) is 6.02. The summed E-state index contributed by atoms with van der Waals surface area (Å²) in [6, 6.07) is -1.80. The minimum atomic E-state index is -1.05. The fraction of sp³-hybridized carbons (Fsp3) is 0.733. The highest BCUT2D eigenvalue weighted by molar-refractivity contribution is 5.89. The number of carboxylic acid groups (broad SMARTS) is 2. The van der Waals surface area contributed by atoms with Crippen molar-refractivity contribution in [3.8, 4) is 0 Å². The Labute approximate surface area is 141 Å². The van der Waals surface area contributed by atoms with Gasteiger partial charge in [0.25, 0.3) is 0 Å². The van der Waals surface area contributed by atoms with Crippen LogP contribution in [0.15, 0.2) is 0 Å². The molecule has 0 aromatic carbocycles. The summed E-state index contributed by atoms with van der Waals surface area (Å²) in [5, 5.41) is 22.3. The topological polar surface area (TPSA) is 159 Å². The smallest absolute Gasteiger partial charge is 0.303 e. The first-order valence-corrected chi connectivity index (χ1v) is 7.90. The summed E-state index contributed by atoms with van der Waals surface area (Å²) in [5.41, 5.74) is 5.63. The van der Waals surface area contributed by atoms with Gasteiger partial charge in [0.05, 0.1) is 6.04 Å². The van der Waals surface area contributed by atoms with Crippen molar-refractivity contribution in [3.05, 3.63) is 0 Å². The first-order valence-electron chi connectivity index (χ1n) is 7.90. The van der Waals surface area contributed by atoms with Crippen LogP contribution in [-0.4, -0.2) is 52.6 Å². The lowest BCUT2D eigenvalue weighted by atomic mass is 10.0. The number of carboxylic acids is 2. The maximum atomic E-state index is 12.1. The molecule has 138 valence electrons. The lowest BCUT2D eigenvalue weighted by Crippen LogP contribution is -2.52. The number of nitrogens with two attached hydrogens (primary N) is 1. The Balaban J connectivity index is 4.52. The van der Waals surface area contributed by atoms with Crippen LogP contribution >= 0.6 is 0 Å². The number of hydrogen-bond acceptors (Lipinski definition) is 5. The molecular formula is C15H27N3O6. The van der Waals surface area contributed by atoms with E-state index in [0.717, 1.165) is 0 Å². The van der Waals surface area contributed by atoms with Crippen molar-refractivity contribution in [2.24, 2.45) is 11.7 Å². The van der Waals surface area contributed by atoms with E-state index < -0.39 is 35.8 Å². The first-order chi connectivity index (χ1) is 11.1. The molecule has 0 heterocycles. The van der Waals surface area contributed by atoms with E-state index in [2.05, 4.69) is 10.6 Å². The Bertz CT molecular complexity index is 452. The number of rotatable bonds is 12. The van der Waals surface area contributed by atoms with E-state index in [4.69, 9.17) is 15.9 Å². The fourth-order valence-electron chi connectivity index (χ4n) is 1.97. The average Bonchev–Trinajstić information content (AvgIpc) is 2.47. The lowest BCUT2D eigenvalue weighted by molar-refractivity contribution is -0.138. The highest BCUT2D eigenvalue weighted by Gasteiger charge is 2.24. The average molecular weight is 345 g/mol. The third-order valence-corrected chi connectivity index (χ3v) is 3.21. The van der Waals surface area contributed by atoms with Crippen LogP contribution in [0.5, 0.6) is 0 Å². The zero-order chi connectivity index (χ0) is 18.7. The van der Waals surface area contributed by atoms with Gasteiger partial charge in [-0.3, -0.25) is 19.2 Å². The molecule has 0 fully saturated rings. The molecule has 0 spiro atoms. The van der Waals surface area contributed by atoms with Crippen molar-refractivity contribution in [1.82, 2.24) is 10.6 Å². The van der Waals surface area contributed by atoms with Gasteiger partial charge in [0.15, 0.2) is 0 Å². The maximum absolute atomic E-state index is 12.1. The Morgan fingerprint density at radius 1 is 1.00 bits per heavy atom. The summed E-state index contributed by atoms with van der Waals surface area (Å²) in [6.45, 7) is 3.98. The van der Waals surface area contributed by atoms with Crippen LogP contribution in [0, 0.1) is 5.92 Å². The number of carbonyl (C=O) groups excluding carboxylic acids is 2. The maximum Gasteiger partial charge on any atom is 0.303 e. The van der Waals surface area contributed by atoms with Crippen molar-refractivity contribution < 1.29 is 29.4 Å². The molecule has 9 nitrogen and oxygen atoms in total. The number of carbonyl (C=O) groups is 4. The van der Waals surface area contributed by atoms with Crippen LogP contribution < -0.4 is 16.4 Å². The summed E-state index contributed by atoms with van der Waals surface area (Å²) >= 11 is 0. The molecule has 0 unspecified atom stereocenters. The van der Waals surface area contributed by atoms with E-state index in [-0.39, 0.29) is 31.7 Å². The van der Waals surface area contributed by atoms with Crippen LogP contribution in [-0.2, 0) is 19.2 Å². The first kappa shape index (κ1) is 21.8. The van der Waals surface area contributed by atoms with Gasteiger partial charge in [-0.2, -0.15) is 0 Å². The van der Waals surface area contributed by atoms with Crippen molar-refractivity contribution in [2.45, 2.75) is 58.0 Å². The third-order valence-electron chi connectivity index (χ3n) is 3.21. The number of aliphatic carboxylic acids is 2. The molecule has 0 radical (unpaired) electrons. The lowest BCUT2D eigenvalue weighted by Gasteiger charge is -2.22. The van der Waals surface area contributed by atoms with E-state index in [1.54, 1.807) is 0 Å². The SMILES string of the molecule is CC(C)C[C@H](NC(=O)[C@@H](N)CCC(=O)O)C(=O)NCCCC(=O)O. The van der Waals surface area contributed by atoms with Gasteiger partial charge < -0.3 is 26.6 Å². The number of nitrogens with one attached hydrogen (secondary N) is 2. The molecule has 0 bridgehead atoms. The molecule has 0 aliphatic heterocycles. The van der Waals surface area contributed by atoms with Crippen LogP contribution in [0.3, 0.4) is 0 Å². The Hall–Kier alpha value is -2.16. The van der Waals surface area contributed by atoms with Gasteiger partial charge in [-0.1, -0.05) is 13.8 Å². The largest absolute Gasteiger partial charge is 0.481 e. The summed E-state index contributed by atoms with van der Waals surface area (Å²) < 4.78 is 0. The number of amides is 2. The van der Waals surface area contributed by atoms with Crippen molar-refractivity contribution >= 4 is 23.8 Å². The molecule has 2 atom stereocenters. The van der Waals surface area contributed by atoms with Crippen molar-refractivity contribution in [3.63, 3.8) is 0 Å². The molecule has 0 aliphatic rings. The summed E-state index contributed by atoms with van der Waals surface area (Å²) in [7, 11) is 0. The molecule has 9 heteroatoms. The van der Waals surface area contributed by atoms with E-state index in [9.17, 15) is 19.2 Å². The van der Waals surface area contributed by atoms with Crippen molar-refractivity contribution in [2.75, 3.05) is 6.54 Å². The highest BCUT2D eigenvalue weighted by atomic mass is 16.4. The molecule has 0 aromatic heterocycles. The Morgan fingerprint density at radius 3 is 2.08 bits per heavy atom. The monoisotopic (exact) mass is 345 g/mol. The van der Waals surface area contributed by atoms with E-state index in [1.807, 2.05) is 13.8 Å². The van der Waals surface area contributed by atoms with E-state index in [1.165, 1.54) is 0 Å². The molecule has 0 saturated carbocycles. The molecule has 6 N–H and O–H groups in total. The van der Waals surface area contributed by atoms with Gasteiger partial charge >= 0.3 is 11.9 Å². The van der Waals surface area contributed by atoms with Gasteiger partial charge in [0.1, 0.15) is 6.04 Å². The standard InChI is InChI=1S/C15H27N3O6/c1-9(2)8-11(15(24)17-7-3-4-12(19)20)18-14(23)10(16)5-6-13(21)22/h9-11H,3-8,16H2,1-2H3,(H,17,24)(H,18,23)(H,19,20)(H,21,22)/t10-,11-/m0/s1. The predicted molar refractivity (Wildman–Crippen MR) is 86.1 cm³/mol. The normalized spacial score (nSPS) is 13.2. The van der Waals surface area contributed by atoms with Crippen molar-refractivity contribution in [1.29, 1.82) is 0 Å². The molecule has 0 aliphatic carbocycles. The van der Waals surface area contributed by atoms with E-state index in [0.29, 0.717) is 12.8 Å². The van der Waals surface area contributed by atoms with Crippen LogP contribution in [0.4, 0.5) is 0 Å². The van der Waals surface area contributed by atoms with Crippen LogP contribution in [0.2, 0.25) is 0 Å². The predicted octanol–water partition coefficient (Wildman–Crippen LogP) is -0.310. The third kappa shape index (κ3) is 10.5. The number of hydrogen-bond donors (Lipinski definition) is 5. The minimum Gasteiger partial charge on any atom is -0.481 e. The molecular weight excluding hydrogens is 318 g/mol. The van der Waals surface area contributed by atoms with Gasteiger partial charge in [0.2, 0.25) is 11.8 Å². The fourth-order valence-corrected chi connectivity index (χ4v) is 1.97. The summed E-state index contributed by atoms with van der Waals surface area (Å²) in [6.07, 6.45) is 0.381. The second-order valence-corrected chi connectivity index (χ2v) is 6.02. The molecule has 2 amide bonds. The molecule has 0 saturated heterocycles. The summed E-state index contributed by atoms with van der Waals surface area (Å²) in [4.78, 5) is 45.1. The molecule has 24 heavy (non-hydrogen) atoms. The molecule has 0 aromatic rings. The highest BCUT2D eigenvalue weighted by Crippen LogP contribution is 2.06. The molecule has 0 rings (SSSR count). The van der Waals surface area contributed by atoms with Gasteiger partial charge in [-0.25, -0.2) is 0 Å². The van der Waals surface area contributed by atoms with Crippen LogP contribution in [0.25, 0.3) is 0 Å². The Kier molecular flexibility index (Phi) is 10.4. The quantitative estimate of drug-likeness (QED) is 0.303. The Morgan fingerprint density at radius 2 is 1.58 bits per heavy atom. The summed E-state index contributed by atoms with van der Waals surface area (Å²) in [5.74, 6) is -2.85. The van der Waals surface area contributed by atoms with Crippen LogP contribution in [0.1, 0.15) is 46.0 Å². The van der Waals surface area contributed by atoms with E-state index >= 15 is 0 Å². The minimum absolute atomic E-state index is 0.0181. The zero-order valence-corrected chi connectivity index (χ0v) is 14.1. The van der Waals surface area contributed by atoms with Gasteiger partial charge in [-0.15, -0.1) is 0 Å². The van der Waals surface area contributed by atoms with Gasteiger partial charge in [-0.05, 0) is 25.2 Å².